The number of nitrogens with zero attached hydrogens (tertiary/aromatic N) is 2. The van der Waals surface area contributed by atoms with Gasteiger partial charge in [-0.15, -0.1) is 11.3 Å². The SMILES string of the molecule is Cc1sc(-c2ccco2)nc1C(=O)N1CCOC(CO)C1. The molecule has 1 N–H and O–H groups in total. The number of morpholine rings is 1. The van der Waals surface area contributed by atoms with E-state index in [1.54, 1.807) is 17.2 Å². The van der Waals surface area contributed by atoms with Crippen LogP contribution in [0.3, 0.4) is 0 Å². The number of furan rings is 1. The third-order valence-electron chi connectivity index (χ3n) is 3.36. The smallest absolute Gasteiger partial charge is 0.273 e. The van der Waals surface area contributed by atoms with Gasteiger partial charge in [0, 0.05) is 18.0 Å². The number of rotatable bonds is 3. The van der Waals surface area contributed by atoms with Gasteiger partial charge in [-0.25, -0.2) is 4.98 Å². The molecule has 3 rings (SSSR count). The molecule has 2 aromatic heterocycles. The van der Waals surface area contributed by atoms with E-state index >= 15 is 0 Å². The summed E-state index contributed by atoms with van der Waals surface area (Å²) in [5.74, 6) is 0.542. The van der Waals surface area contributed by atoms with Crippen molar-refractivity contribution in [2.24, 2.45) is 0 Å². The molecule has 0 aromatic carbocycles. The van der Waals surface area contributed by atoms with Gasteiger partial charge in [0.05, 0.1) is 25.6 Å². The molecular formula is C14H16N2O4S. The van der Waals surface area contributed by atoms with Gasteiger partial charge in [-0.2, -0.15) is 0 Å². The van der Waals surface area contributed by atoms with Crippen LogP contribution in [0.5, 0.6) is 0 Å². The van der Waals surface area contributed by atoms with Crippen LogP contribution in [0.2, 0.25) is 0 Å². The highest BCUT2D eigenvalue weighted by atomic mass is 32.1. The number of aromatic nitrogens is 1. The average Bonchev–Trinajstić information content (AvgIpc) is 3.16. The second-order valence-electron chi connectivity index (χ2n) is 4.83. The lowest BCUT2D eigenvalue weighted by Crippen LogP contribution is -2.47. The Morgan fingerprint density at radius 3 is 3.19 bits per heavy atom. The molecule has 1 aliphatic heterocycles. The lowest BCUT2D eigenvalue weighted by atomic mass is 10.2. The monoisotopic (exact) mass is 308 g/mol. The third kappa shape index (κ3) is 2.85. The number of aliphatic hydroxyl groups excluding tert-OH is 1. The highest BCUT2D eigenvalue weighted by molar-refractivity contribution is 7.15. The van der Waals surface area contributed by atoms with Crippen molar-refractivity contribution in [1.82, 2.24) is 9.88 Å². The molecule has 21 heavy (non-hydrogen) atoms. The molecule has 6 nitrogen and oxygen atoms in total. The first kappa shape index (κ1) is 14.2. The summed E-state index contributed by atoms with van der Waals surface area (Å²) in [6, 6.07) is 3.62. The van der Waals surface area contributed by atoms with Crippen LogP contribution in [0.4, 0.5) is 0 Å². The van der Waals surface area contributed by atoms with E-state index in [2.05, 4.69) is 4.98 Å². The Hall–Kier alpha value is -1.70. The van der Waals surface area contributed by atoms with Gasteiger partial charge in [-0.1, -0.05) is 0 Å². The zero-order chi connectivity index (χ0) is 14.8. The topological polar surface area (TPSA) is 75.8 Å². The lowest BCUT2D eigenvalue weighted by molar-refractivity contribution is -0.0448. The van der Waals surface area contributed by atoms with Gasteiger partial charge >= 0.3 is 0 Å². The van der Waals surface area contributed by atoms with Gasteiger partial charge < -0.3 is 19.2 Å². The van der Waals surface area contributed by atoms with E-state index < -0.39 is 0 Å². The van der Waals surface area contributed by atoms with Crippen molar-refractivity contribution in [3.8, 4) is 10.8 Å². The Bertz CT molecular complexity index is 623. The van der Waals surface area contributed by atoms with E-state index in [-0.39, 0.29) is 18.6 Å². The van der Waals surface area contributed by atoms with Crippen molar-refractivity contribution in [1.29, 1.82) is 0 Å². The van der Waals surface area contributed by atoms with Crippen molar-refractivity contribution >= 4 is 17.2 Å². The lowest BCUT2D eigenvalue weighted by Gasteiger charge is -2.31. The fourth-order valence-electron chi connectivity index (χ4n) is 2.26. The summed E-state index contributed by atoms with van der Waals surface area (Å²) in [5.41, 5.74) is 0.449. The molecule has 0 spiro atoms. The molecule has 1 saturated heterocycles. The first-order valence-electron chi connectivity index (χ1n) is 6.72. The molecule has 0 bridgehead atoms. The van der Waals surface area contributed by atoms with Crippen molar-refractivity contribution in [3.63, 3.8) is 0 Å². The van der Waals surface area contributed by atoms with Gasteiger partial charge in [0.15, 0.2) is 10.8 Å². The highest BCUT2D eigenvalue weighted by Crippen LogP contribution is 2.28. The molecule has 1 amide bonds. The van der Waals surface area contributed by atoms with Gasteiger partial charge in [-0.3, -0.25) is 4.79 Å². The number of ether oxygens (including phenoxy) is 1. The summed E-state index contributed by atoms with van der Waals surface area (Å²) in [4.78, 5) is 19.5. The highest BCUT2D eigenvalue weighted by Gasteiger charge is 2.27. The largest absolute Gasteiger partial charge is 0.462 e. The first-order chi connectivity index (χ1) is 10.2. The minimum absolute atomic E-state index is 0.0858. The number of aliphatic hydroxyl groups is 1. The van der Waals surface area contributed by atoms with E-state index in [9.17, 15) is 4.79 Å². The van der Waals surface area contributed by atoms with Gasteiger partial charge in [0.25, 0.3) is 5.91 Å². The van der Waals surface area contributed by atoms with Crippen molar-refractivity contribution in [3.05, 3.63) is 29.0 Å². The first-order valence-corrected chi connectivity index (χ1v) is 7.53. The van der Waals surface area contributed by atoms with Crippen molar-refractivity contribution in [2.75, 3.05) is 26.3 Å². The predicted molar refractivity (Wildman–Crippen MR) is 77.3 cm³/mol. The predicted octanol–water partition coefficient (Wildman–Crippen LogP) is 1.54. The Kier molecular flexibility index (Phi) is 4.05. The summed E-state index contributed by atoms with van der Waals surface area (Å²) in [5, 5.41) is 9.86. The summed E-state index contributed by atoms with van der Waals surface area (Å²) >= 11 is 1.44. The van der Waals surface area contributed by atoms with Crippen LogP contribution in [0.15, 0.2) is 22.8 Å². The number of carbonyl (C=O) groups excluding carboxylic acids is 1. The molecule has 0 radical (unpaired) electrons. The molecule has 112 valence electrons. The Balaban J connectivity index is 1.81. The number of hydrogen-bond donors (Lipinski definition) is 1. The van der Waals surface area contributed by atoms with E-state index in [1.807, 2.05) is 13.0 Å². The molecular weight excluding hydrogens is 292 g/mol. The minimum Gasteiger partial charge on any atom is -0.462 e. The van der Waals surface area contributed by atoms with Crippen LogP contribution in [0, 0.1) is 6.92 Å². The number of thiazole rings is 1. The Morgan fingerprint density at radius 1 is 1.62 bits per heavy atom. The molecule has 0 saturated carbocycles. The quantitative estimate of drug-likeness (QED) is 0.931. The van der Waals surface area contributed by atoms with E-state index in [1.165, 1.54) is 11.3 Å². The number of hydrogen-bond acceptors (Lipinski definition) is 6. The third-order valence-corrected chi connectivity index (χ3v) is 4.35. The zero-order valence-electron chi connectivity index (χ0n) is 11.6. The van der Waals surface area contributed by atoms with Crippen LogP contribution in [-0.2, 0) is 4.74 Å². The summed E-state index contributed by atoms with van der Waals surface area (Å²) in [6.07, 6.45) is 1.27. The fourth-order valence-corrected chi connectivity index (χ4v) is 3.14. The standard InChI is InChI=1S/C14H16N2O4S/c1-9-12(15-13(21-9)11-3-2-5-20-11)14(18)16-4-6-19-10(7-16)8-17/h2-3,5,10,17H,4,6-8H2,1H3. The summed E-state index contributed by atoms with van der Waals surface area (Å²) < 4.78 is 10.7. The molecule has 1 aliphatic rings. The van der Waals surface area contributed by atoms with Crippen LogP contribution in [0.1, 0.15) is 15.4 Å². The molecule has 0 aliphatic carbocycles. The molecule has 7 heteroatoms. The summed E-state index contributed by atoms with van der Waals surface area (Å²) in [7, 11) is 0. The van der Waals surface area contributed by atoms with Gasteiger partial charge in [0.2, 0.25) is 0 Å². The molecule has 1 atom stereocenters. The number of aryl methyl sites for hydroxylation is 1. The second-order valence-corrected chi connectivity index (χ2v) is 6.03. The zero-order valence-corrected chi connectivity index (χ0v) is 12.4. The minimum atomic E-state index is -0.314. The maximum Gasteiger partial charge on any atom is 0.273 e. The van der Waals surface area contributed by atoms with Crippen LogP contribution < -0.4 is 0 Å². The van der Waals surface area contributed by atoms with Crippen LogP contribution in [-0.4, -0.2) is 53.3 Å². The maximum absolute atomic E-state index is 12.6. The van der Waals surface area contributed by atoms with E-state index in [0.717, 1.165) is 4.88 Å². The normalized spacial score (nSPS) is 19.0. The molecule has 1 unspecified atom stereocenters. The Morgan fingerprint density at radius 2 is 2.48 bits per heavy atom. The van der Waals surface area contributed by atoms with Crippen molar-refractivity contribution < 1.29 is 19.1 Å². The number of carbonyl (C=O) groups is 1. The number of amides is 1. The van der Waals surface area contributed by atoms with E-state index in [4.69, 9.17) is 14.3 Å². The van der Waals surface area contributed by atoms with Crippen LogP contribution >= 0.6 is 11.3 Å². The average molecular weight is 308 g/mol. The van der Waals surface area contributed by atoms with Crippen LogP contribution in [0.25, 0.3) is 10.8 Å². The maximum atomic E-state index is 12.6. The molecule has 2 aromatic rings. The Labute approximate surface area is 126 Å². The van der Waals surface area contributed by atoms with Gasteiger partial charge in [-0.05, 0) is 19.1 Å². The molecule has 3 heterocycles. The fraction of sp³-hybridized carbons (Fsp3) is 0.429. The van der Waals surface area contributed by atoms with Gasteiger partial charge in [0.1, 0.15) is 5.69 Å². The summed E-state index contributed by atoms with van der Waals surface area (Å²) in [6.45, 7) is 3.13. The second kappa shape index (κ2) is 5.97. The van der Waals surface area contributed by atoms with Crippen molar-refractivity contribution in [2.45, 2.75) is 13.0 Å². The molecule has 1 fully saturated rings. The van der Waals surface area contributed by atoms with E-state index in [0.29, 0.717) is 36.2 Å².